The van der Waals surface area contributed by atoms with Crippen molar-refractivity contribution in [1.82, 2.24) is 10.6 Å². The van der Waals surface area contributed by atoms with Crippen LogP contribution in [0, 0.1) is 0 Å². The van der Waals surface area contributed by atoms with Crippen molar-refractivity contribution < 1.29 is 9.53 Å². The molecule has 0 radical (unpaired) electrons. The molecule has 0 saturated heterocycles. The van der Waals surface area contributed by atoms with Gasteiger partial charge in [0.15, 0.2) is 0 Å². The highest BCUT2D eigenvalue weighted by Gasteiger charge is 2.19. The van der Waals surface area contributed by atoms with Crippen molar-refractivity contribution in [2.24, 2.45) is 0 Å². The highest BCUT2D eigenvalue weighted by atomic mass is 16.5. The third kappa shape index (κ3) is 3.31. The predicted molar refractivity (Wildman–Crippen MR) is 70.4 cm³/mol. The van der Waals surface area contributed by atoms with Gasteiger partial charge in [0.1, 0.15) is 6.61 Å². The van der Waals surface area contributed by atoms with E-state index in [1.807, 2.05) is 13.0 Å². The summed E-state index contributed by atoms with van der Waals surface area (Å²) in [4.78, 5) is 11.5. The number of carbonyl (C=O) groups excluding carboxylic acids is 1. The lowest BCUT2D eigenvalue weighted by Crippen LogP contribution is -2.39. The summed E-state index contributed by atoms with van der Waals surface area (Å²) in [6.07, 6.45) is 1.06. The van der Waals surface area contributed by atoms with E-state index in [9.17, 15) is 4.79 Å². The summed E-state index contributed by atoms with van der Waals surface area (Å²) in [7, 11) is 0. The fourth-order valence-electron chi connectivity index (χ4n) is 2.24. The Labute approximate surface area is 108 Å². The highest BCUT2D eigenvalue weighted by molar-refractivity contribution is 5.77. The van der Waals surface area contributed by atoms with Gasteiger partial charge in [-0.2, -0.15) is 0 Å². The topological polar surface area (TPSA) is 50.4 Å². The molecule has 1 aliphatic heterocycles. The second-order valence-electron chi connectivity index (χ2n) is 4.40. The number of hydrogen-bond donors (Lipinski definition) is 2. The first kappa shape index (κ1) is 13.1. The van der Waals surface area contributed by atoms with E-state index < -0.39 is 0 Å². The van der Waals surface area contributed by atoms with E-state index in [1.165, 1.54) is 11.1 Å². The molecule has 0 bridgehead atoms. The number of nitrogens with one attached hydrogen (secondary N) is 2. The Morgan fingerprint density at radius 2 is 2.33 bits per heavy atom. The van der Waals surface area contributed by atoms with Crippen molar-refractivity contribution in [3.8, 4) is 0 Å². The van der Waals surface area contributed by atoms with Gasteiger partial charge in [0, 0.05) is 19.2 Å². The van der Waals surface area contributed by atoms with Crippen LogP contribution in [0.5, 0.6) is 0 Å². The zero-order valence-corrected chi connectivity index (χ0v) is 10.7. The van der Waals surface area contributed by atoms with Crippen LogP contribution in [0.25, 0.3) is 0 Å². The molecular formula is C14H20N2O2. The van der Waals surface area contributed by atoms with E-state index in [1.54, 1.807) is 0 Å². The van der Waals surface area contributed by atoms with Crippen LogP contribution in [0.2, 0.25) is 0 Å². The van der Waals surface area contributed by atoms with Gasteiger partial charge in [0.2, 0.25) is 5.91 Å². The third-order valence-electron chi connectivity index (χ3n) is 3.16. The normalized spacial score (nSPS) is 18.2. The molecule has 1 unspecified atom stereocenters. The van der Waals surface area contributed by atoms with Crippen molar-refractivity contribution >= 4 is 5.91 Å². The fraction of sp³-hybridized carbons (Fsp3) is 0.500. The summed E-state index contributed by atoms with van der Waals surface area (Å²) in [5, 5.41) is 6.33. The number of benzene rings is 1. The number of carbonyl (C=O) groups is 1. The van der Waals surface area contributed by atoms with Crippen molar-refractivity contribution in [2.45, 2.75) is 19.4 Å². The Bertz CT molecular complexity index is 407. The molecule has 0 saturated carbocycles. The molecule has 1 atom stereocenters. The second-order valence-corrected chi connectivity index (χ2v) is 4.40. The maximum absolute atomic E-state index is 11.5. The molecule has 4 nitrogen and oxygen atoms in total. The predicted octanol–water partition coefficient (Wildman–Crippen LogP) is 1.03. The molecule has 4 heteroatoms. The number of ether oxygens (including phenoxy) is 1. The SMILES string of the molecule is CCOCC(=O)NCC1NCCc2ccccc21. The van der Waals surface area contributed by atoms with Gasteiger partial charge in [-0.1, -0.05) is 24.3 Å². The standard InChI is InChI=1S/C14H20N2O2/c1-2-18-10-14(17)16-9-13-12-6-4-3-5-11(12)7-8-15-13/h3-6,13,15H,2,7-10H2,1H3,(H,16,17). The van der Waals surface area contributed by atoms with E-state index in [4.69, 9.17) is 4.74 Å². The van der Waals surface area contributed by atoms with Gasteiger partial charge in [-0.15, -0.1) is 0 Å². The van der Waals surface area contributed by atoms with Gasteiger partial charge in [0.25, 0.3) is 0 Å². The minimum atomic E-state index is -0.0540. The van der Waals surface area contributed by atoms with Crippen molar-refractivity contribution in [3.05, 3.63) is 35.4 Å². The van der Waals surface area contributed by atoms with E-state index in [-0.39, 0.29) is 18.6 Å². The molecule has 0 spiro atoms. The van der Waals surface area contributed by atoms with Gasteiger partial charge in [-0.3, -0.25) is 4.79 Å². The maximum atomic E-state index is 11.5. The van der Waals surface area contributed by atoms with E-state index >= 15 is 0 Å². The summed E-state index contributed by atoms with van der Waals surface area (Å²) in [6.45, 7) is 4.17. The number of rotatable bonds is 5. The van der Waals surface area contributed by atoms with Crippen LogP contribution in [0.15, 0.2) is 24.3 Å². The van der Waals surface area contributed by atoms with Crippen LogP contribution >= 0.6 is 0 Å². The maximum Gasteiger partial charge on any atom is 0.246 e. The highest BCUT2D eigenvalue weighted by Crippen LogP contribution is 2.21. The first-order valence-corrected chi connectivity index (χ1v) is 6.47. The molecular weight excluding hydrogens is 228 g/mol. The molecule has 1 aliphatic rings. The molecule has 0 fully saturated rings. The van der Waals surface area contributed by atoms with Crippen molar-refractivity contribution in [1.29, 1.82) is 0 Å². The average Bonchev–Trinajstić information content (AvgIpc) is 2.42. The lowest BCUT2D eigenvalue weighted by atomic mass is 9.94. The number of amides is 1. The lowest BCUT2D eigenvalue weighted by molar-refractivity contribution is -0.125. The summed E-state index contributed by atoms with van der Waals surface area (Å²) >= 11 is 0. The first-order valence-electron chi connectivity index (χ1n) is 6.47. The van der Waals surface area contributed by atoms with Gasteiger partial charge in [0.05, 0.1) is 0 Å². The lowest BCUT2D eigenvalue weighted by Gasteiger charge is -2.27. The van der Waals surface area contributed by atoms with Gasteiger partial charge >= 0.3 is 0 Å². The summed E-state index contributed by atoms with van der Waals surface area (Å²) in [5.74, 6) is -0.0540. The summed E-state index contributed by atoms with van der Waals surface area (Å²) in [5.41, 5.74) is 2.67. The quantitative estimate of drug-likeness (QED) is 0.818. The Balaban J connectivity index is 1.89. The average molecular weight is 248 g/mol. The second kappa shape index (κ2) is 6.52. The molecule has 0 aromatic heterocycles. The monoisotopic (exact) mass is 248 g/mol. The fourth-order valence-corrected chi connectivity index (χ4v) is 2.24. The Morgan fingerprint density at radius 3 is 3.17 bits per heavy atom. The van der Waals surface area contributed by atoms with E-state index in [0.29, 0.717) is 13.2 Å². The smallest absolute Gasteiger partial charge is 0.246 e. The van der Waals surface area contributed by atoms with Gasteiger partial charge in [-0.05, 0) is 31.0 Å². The molecule has 2 N–H and O–H groups in total. The number of hydrogen-bond acceptors (Lipinski definition) is 3. The van der Waals surface area contributed by atoms with Crippen molar-refractivity contribution in [3.63, 3.8) is 0 Å². The molecule has 1 aromatic rings. The van der Waals surface area contributed by atoms with Crippen LogP contribution in [-0.4, -0.2) is 32.2 Å². The van der Waals surface area contributed by atoms with Gasteiger partial charge in [-0.25, -0.2) is 0 Å². The van der Waals surface area contributed by atoms with Crippen LogP contribution < -0.4 is 10.6 Å². The molecule has 1 aromatic carbocycles. The van der Waals surface area contributed by atoms with E-state index in [2.05, 4.69) is 28.8 Å². The van der Waals surface area contributed by atoms with E-state index in [0.717, 1.165) is 13.0 Å². The molecule has 98 valence electrons. The third-order valence-corrected chi connectivity index (χ3v) is 3.16. The minimum absolute atomic E-state index is 0.0540. The molecule has 0 aliphatic carbocycles. The van der Waals surface area contributed by atoms with Crippen LogP contribution in [0.4, 0.5) is 0 Å². The van der Waals surface area contributed by atoms with Crippen LogP contribution in [-0.2, 0) is 16.0 Å². The zero-order valence-electron chi connectivity index (χ0n) is 10.7. The van der Waals surface area contributed by atoms with Crippen molar-refractivity contribution in [2.75, 3.05) is 26.3 Å². The summed E-state index contributed by atoms with van der Waals surface area (Å²) in [6, 6.07) is 8.60. The van der Waals surface area contributed by atoms with Crippen LogP contribution in [0.1, 0.15) is 24.1 Å². The number of fused-ring (bicyclic) bond motifs is 1. The molecule has 1 amide bonds. The first-order chi connectivity index (χ1) is 8.81. The van der Waals surface area contributed by atoms with Crippen LogP contribution in [0.3, 0.4) is 0 Å². The molecule has 1 heterocycles. The Hall–Kier alpha value is -1.39. The Morgan fingerprint density at radius 1 is 1.50 bits per heavy atom. The Kier molecular flexibility index (Phi) is 4.73. The zero-order chi connectivity index (χ0) is 12.8. The minimum Gasteiger partial charge on any atom is -0.372 e. The largest absolute Gasteiger partial charge is 0.372 e. The molecule has 18 heavy (non-hydrogen) atoms. The summed E-state index contributed by atoms with van der Waals surface area (Å²) < 4.78 is 5.07. The molecule has 2 rings (SSSR count). The van der Waals surface area contributed by atoms with Gasteiger partial charge < -0.3 is 15.4 Å².